The van der Waals surface area contributed by atoms with Crippen molar-refractivity contribution in [3.63, 3.8) is 0 Å². The normalized spacial score (nSPS) is 15.8. The maximum absolute atomic E-state index is 11.7. The minimum Gasteiger partial charge on any atom is -0.496 e. The topological polar surface area (TPSA) is 72.3 Å². The molecule has 1 atom stereocenters. The summed E-state index contributed by atoms with van der Waals surface area (Å²) in [5, 5.41) is 11.9. The first kappa shape index (κ1) is 22.0. The number of methoxy groups -OCH3 is 1. The number of para-hydroxylation sites is 1. The number of ether oxygens (including phenoxy) is 1. The Morgan fingerprint density at radius 3 is 2.77 bits per heavy atom. The Balaban J connectivity index is 1.65. The van der Waals surface area contributed by atoms with E-state index < -0.39 is 0 Å². The Bertz CT molecular complexity index is 874. The first-order valence-corrected chi connectivity index (χ1v) is 10.7. The summed E-state index contributed by atoms with van der Waals surface area (Å²) in [5.41, 5.74) is 1.08. The fraction of sp³-hybridized carbons (Fsp3) is 0.522. The second-order valence-electron chi connectivity index (χ2n) is 8.20. The first-order chi connectivity index (χ1) is 14.5. The number of nitrogens with zero attached hydrogens (tertiary/aromatic N) is 4. The van der Waals surface area contributed by atoms with Crippen LogP contribution >= 0.6 is 0 Å². The quantitative estimate of drug-likeness (QED) is 0.723. The fourth-order valence-corrected chi connectivity index (χ4v) is 3.91. The molecule has 162 valence electrons. The Hall–Kier alpha value is -2.67. The van der Waals surface area contributed by atoms with Gasteiger partial charge in [-0.05, 0) is 18.4 Å². The Morgan fingerprint density at radius 1 is 1.23 bits per heavy atom. The standard InChI is InChI=1S/C23H33N5O2/c1-17(2)16-20(24-18(3)29)23-26-25-22-11-13-27(14-15-28(22)23)12-7-9-19-8-5-6-10-21(19)30-4/h5-10,17,20H,11-16H2,1-4H3,(H,24,29)/b9-7+/t20-/m1/s1. The van der Waals surface area contributed by atoms with Gasteiger partial charge < -0.3 is 14.6 Å². The van der Waals surface area contributed by atoms with Crippen molar-refractivity contribution in [2.45, 2.75) is 46.2 Å². The van der Waals surface area contributed by atoms with Crippen molar-refractivity contribution in [1.82, 2.24) is 25.0 Å². The van der Waals surface area contributed by atoms with Gasteiger partial charge in [0.1, 0.15) is 11.6 Å². The number of carbonyl (C=O) groups excluding carboxylic acids is 1. The van der Waals surface area contributed by atoms with Crippen LogP contribution in [-0.4, -0.2) is 52.3 Å². The molecule has 3 rings (SSSR count). The van der Waals surface area contributed by atoms with E-state index in [1.54, 1.807) is 14.0 Å². The lowest BCUT2D eigenvalue weighted by molar-refractivity contribution is -0.119. The molecule has 7 heteroatoms. The van der Waals surface area contributed by atoms with E-state index in [2.05, 4.69) is 57.0 Å². The molecule has 30 heavy (non-hydrogen) atoms. The van der Waals surface area contributed by atoms with Crippen molar-refractivity contribution < 1.29 is 9.53 Å². The van der Waals surface area contributed by atoms with Crippen molar-refractivity contribution in [3.8, 4) is 5.75 Å². The first-order valence-electron chi connectivity index (χ1n) is 10.7. The van der Waals surface area contributed by atoms with E-state index in [0.717, 1.165) is 62.0 Å². The van der Waals surface area contributed by atoms with E-state index in [0.29, 0.717) is 5.92 Å². The summed E-state index contributed by atoms with van der Waals surface area (Å²) in [4.78, 5) is 14.1. The molecule has 0 radical (unpaired) electrons. The van der Waals surface area contributed by atoms with Gasteiger partial charge in [0.25, 0.3) is 0 Å². The maximum Gasteiger partial charge on any atom is 0.217 e. The van der Waals surface area contributed by atoms with Crippen molar-refractivity contribution in [1.29, 1.82) is 0 Å². The number of hydrogen-bond acceptors (Lipinski definition) is 5. The summed E-state index contributed by atoms with van der Waals surface area (Å²) in [6, 6.07) is 7.93. The highest BCUT2D eigenvalue weighted by molar-refractivity contribution is 5.73. The van der Waals surface area contributed by atoms with Crippen LogP contribution in [0.3, 0.4) is 0 Å². The van der Waals surface area contributed by atoms with Crippen LogP contribution in [0.5, 0.6) is 5.75 Å². The van der Waals surface area contributed by atoms with Crippen LogP contribution in [0.4, 0.5) is 0 Å². The van der Waals surface area contributed by atoms with Gasteiger partial charge in [-0.1, -0.05) is 44.2 Å². The monoisotopic (exact) mass is 411 g/mol. The van der Waals surface area contributed by atoms with E-state index in [1.807, 2.05) is 18.2 Å². The van der Waals surface area contributed by atoms with Crippen molar-refractivity contribution in [2.24, 2.45) is 5.92 Å². The molecule has 0 spiro atoms. The van der Waals surface area contributed by atoms with Crippen molar-refractivity contribution in [2.75, 3.05) is 26.7 Å². The molecule has 0 saturated carbocycles. The Labute approximate surface area is 179 Å². The molecule has 0 fully saturated rings. The highest BCUT2D eigenvalue weighted by Gasteiger charge is 2.25. The SMILES string of the molecule is COc1ccccc1/C=C/CN1CCc2nnc([C@@H](CC(C)C)NC(C)=O)n2CC1. The third-order valence-electron chi connectivity index (χ3n) is 5.34. The van der Waals surface area contributed by atoms with Crippen LogP contribution in [0.2, 0.25) is 0 Å². The van der Waals surface area contributed by atoms with Crippen LogP contribution in [-0.2, 0) is 17.8 Å². The minimum atomic E-state index is -0.0965. The third-order valence-corrected chi connectivity index (χ3v) is 5.34. The molecule has 1 N–H and O–H groups in total. The summed E-state index contributed by atoms with van der Waals surface area (Å²) in [7, 11) is 1.70. The largest absolute Gasteiger partial charge is 0.496 e. The van der Waals surface area contributed by atoms with Gasteiger partial charge in [0.15, 0.2) is 5.82 Å². The van der Waals surface area contributed by atoms with Crippen LogP contribution in [0.15, 0.2) is 30.3 Å². The lowest BCUT2D eigenvalue weighted by Crippen LogP contribution is -2.31. The number of carbonyl (C=O) groups is 1. The molecule has 7 nitrogen and oxygen atoms in total. The van der Waals surface area contributed by atoms with Crippen LogP contribution in [0.1, 0.15) is 50.4 Å². The molecule has 0 bridgehead atoms. The lowest BCUT2D eigenvalue weighted by atomic mass is 10.0. The number of amides is 1. The molecule has 0 aliphatic carbocycles. The van der Waals surface area contributed by atoms with Crippen molar-refractivity contribution >= 4 is 12.0 Å². The molecule has 1 aromatic carbocycles. The molecular weight excluding hydrogens is 378 g/mol. The van der Waals surface area contributed by atoms with Gasteiger partial charge in [-0.15, -0.1) is 10.2 Å². The number of rotatable bonds is 8. The zero-order chi connectivity index (χ0) is 21.5. The lowest BCUT2D eigenvalue weighted by Gasteiger charge is -2.21. The van der Waals surface area contributed by atoms with Gasteiger partial charge in [0, 0.05) is 45.1 Å². The number of benzene rings is 1. The average molecular weight is 412 g/mol. The Kier molecular flexibility index (Phi) is 7.63. The summed E-state index contributed by atoms with van der Waals surface area (Å²) >= 11 is 0. The summed E-state index contributed by atoms with van der Waals surface area (Å²) in [6.45, 7) is 9.42. The van der Waals surface area contributed by atoms with Crippen LogP contribution < -0.4 is 10.1 Å². The predicted molar refractivity (Wildman–Crippen MR) is 118 cm³/mol. The summed E-state index contributed by atoms with van der Waals surface area (Å²) in [5.74, 6) is 3.18. The zero-order valence-electron chi connectivity index (χ0n) is 18.5. The molecule has 0 saturated heterocycles. The third kappa shape index (κ3) is 5.69. The molecule has 0 unspecified atom stereocenters. The summed E-state index contributed by atoms with van der Waals surface area (Å²) in [6.07, 6.45) is 6.00. The molecule has 2 aromatic rings. The van der Waals surface area contributed by atoms with E-state index >= 15 is 0 Å². The fourth-order valence-electron chi connectivity index (χ4n) is 3.91. The van der Waals surface area contributed by atoms with Gasteiger partial charge >= 0.3 is 0 Å². The minimum absolute atomic E-state index is 0.0327. The van der Waals surface area contributed by atoms with Crippen LogP contribution in [0.25, 0.3) is 6.08 Å². The maximum atomic E-state index is 11.7. The van der Waals surface area contributed by atoms with Gasteiger partial charge in [-0.25, -0.2) is 0 Å². The molecule has 1 aliphatic heterocycles. The van der Waals surface area contributed by atoms with Gasteiger partial charge in [0.05, 0.1) is 13.2 Å². The van der Waals surface area contributed by atoms with Crippen LogP contribution in [0, 0.1) is 5.92 Å². The number of hydrogen-bond donors (Lipinski definition) is 1. The molecular formula is C23H33N5O2. The second kappa shape index (κ2) is 10.4. The number of fused-ring (bicyclic) bond motifs is 1. The van der Waals surface area contributed by atoms with Gasteiger partial charge in [-0.2, -0.15) is 0 Å². The summed E-state index contributed by atoms with van der Waals surface area (Å²) < 4.78 is 7.62. The highest BCUT2D eigenvalue weighted by atomic mass is 16.5. The van der Waals surface area contributed by atoms with E-state index in [1.165, 1.54) is 0 Å². The predicted octanol–water partition coefficient (Wildman–Crippen LogP) is 3.08. The molecule has 2 heterocycles. The van der Waals surface area contributed by atoms with E-state index in [4.69, 9.17) is 4.74 Å². The van der Waals surface area contributed by atoms with Crippen molar-refractivity contribution in [3.05, 3.63) is 47.6 Å². The average Bonchev–Trinajstić information content (AvgIpc) is 3.01. The number of aromatic nitrogens is 3. The Morgan fingerprint density at radius 2 is 2.03 bits per heavy atom. The zero-order valence-corrected chi connectivity index (χ0v) is 18.5. The molecule has 1 aromatic heterocycles. The molecule has 1 amide bonds. The van der Waals surface area contributed by atoms with Gasteiger partial charge in [-0.3, -0.25) is 9.69 Å². The number of nitrogens with one attached hydrogen (secondary N) is 1. The van der Waals surface area contributed by atoms with E-state index in [9.17, 15) is 4.79 Å². The smallest absolute Gasteiger partial charge is 0.217 e. The second-order valence-corrected chi connectivity index (χ2v) is 8.20. The van der Waals surface area contributed by atoms with Gasteiger partial charge in [0.2, 0.25) is 5.91 Å². The highest BCUT2D eigenvalue weighted by Crippen LogP contribution is 2.22. The van der Waals surface area contributed by atoms with E-state index in [-0.39, 0.29) is 11.9 Å². The molecule has 1 aliphatic rings.